The van der Waals surface area contributed by atoms with Crippen molar-refractivity contribution in [2.75, 3.05) is 46.3 Å². The molecule has 0 unspecified atom stereocenters. The van der Waals surface area contributed by atoms with Crippen molar-refractivity contribution in [3.63, 3.8) is 0 Å². The number of nitrogens with one attached hydrogen (secondary N) is 4. The first-order chi connectivity index (χ1) is 25.4. The van der Waals surface area contributed by atoms with Crippen molar-refractivity contribution in [1.82, 2.24) is 29.9 Å². The Morgan fingerprint density at radius 3 is 2.43 bits per heavy atom. The van der Waals surface area contributed by atoms with E-state index in [9.17, 15) is 4.79 Å². The maximum Gasteiger partial charge on any atom is 0.320 e. The molecule has 6 N–H and O–H groups in total. The van der Waals surface area contributed by atoms with E-state index in [4.69, 9.17) is 26.3 Å². The summed E-state index contributed by atoms with van der Waals surface area (Å²) in [6.07, 6.45) is 7.88. The number of aromatic nitrogens is 1. The number of likely N-dealkylation sites (tertiary alicyclic amines) is 1. The van der Waals surface area contributed by atoms with Crippen molar-refractivity contribution in [2.45, 2.75) is 71.6 Å². The summed E-state index contributed by atoms with van der Waals surface area (Å²) in [5.74, 6) is 1.28. The average Bonchev–Trinajstić information content (AvgIpc) is 3.14. The largest absolute Gasteiger partial charge is 0.484 e. The number of amidine groups is 1. The van der Waals surface area contributed by atoms with E-state index >= 15 is 0 Å². The van der Waals surface area contributed by atoms with E-state index in [2.05, 4.69) is 39.6 Å². The van der Waals surface area contributed by atoms with Crippen molar-refractivity contribution in [1.29, 1.82) is 10.8 Å². The van der Waals surface area contributed by atoms with Crippen LogP contribution in [0.4, 0.5) is 10.5 Å². The highest BCUT2D eigenvalue weighted by atomic mass is 16.5. The Kier molecular flexibility index (Phi) is 12.0. The second-order valence-electron chi connectivity index (χ2n) is 15.6. The lowest BCUT2D eigenvalue weighted by molar-refractivity contribution is 0.148. The van der Waals surface area contributed by atoms with Gasteiger partial charge in [0.25, 0.3) is 0 Å². The van der Waals surface area contributed by atoms with Crippen molar-refractivity contribution in [3.8, 4) is 5.75 Å². The van der Waals surface area contributed by atoms with E-state index in [1.807, 2.05) is 62.1 Å². The van der Waals surface area contributed by atoms with Crippen molar-refractivity contribution in [3.05, 3.63) is 101 Å². The third-order valence-electron chi connectivity index (χ3n) is 10.4. The average molecular weight is 721 g/mol. The van der Waals surface area contributed by atoms with Gasteiger partial charge >= 0.3 is 6.03 Å². The molecule has 1 aliphatic carbocycles. The van der Waals surface area contributed by atoms with Crippen LogP contribution in [0.15, 0.2) is 83.6 Å². The van der Waals surface area contributed by atoms with Gasteiger partial charge in [0.15, 0.2) is 0 Å². The van der Waals surface area contributed by atoms with Gasteiger partial charge in [0.1, 0.15) is 23.2 Å². The van der Waals surface area contributed by atoms with Crippen LogP contribution in [-0.4, -0.2) is 83.4 Å². The van der Waals surface area contributed by atoms with Gasteiger partial charge < -0.3 is 25.6 Å². The summed E-state index contributed by atoms with van der Waals surface area (Å²) in [6.45, 7) is 12.8. The number of ether oxygens (including phenoxy) is 1. The molecule has 2 amide bonds. The minimum atomic E-state index is -0.363. The number of rotatable bonds is 7. The fourth-order valence-electron chi connectivity index (χ4n) is 7.07. The third-order valence-corrected chi connectivity index (χ3v) is 10.4. The predicted molar refractivity (Wildman–Crippen MR) is 210 cm³/mol. The second kappa shape index (κ2) is 16.8. The lowest BCUT2D eigenvalue weighted by Gasteiger charge is -2.33. The zero-order valence-electron chi connectivity index (χ0n) is 31.7. The summed E-state index contributed by atoms with van der Waals surface area (Å²) in [7, 11) is 2.16. The highest BCUT2D eigenvalue weighted by molar-refractivity contribution is 6.05. The third kappa shape index (κ3) is 9.94. The number of piperidine rings is 1. The Labute approximate surface area is 313 Å². The van der Waals surface area contributed by atoms with Crippen LogP contribution in [0.5, 0.6) is 5.75 Å². The summed E-state index contributed by atoms with van der Waals surface area (Å²) in [4.78, 5) is 25.4. The van der Waals surface area contributed by atoms with Crippen LogP contribution in [0.2, 0.25) is 0 Å². The number of likely N-dealkylation sites (N-methyl/N-ethyl adjacent to an activating group) is 1. The summed E-state index contributed by atoms with van der Waals surface area (Å²) in [5, 5.41) is 23.4. The summed E-state index contributed by atoms with van der Waals surface area (Å²) in [5.41, 5.74) is 11.0. The summed E-state index contributed by atoms with van der Waals surface area (Å²) >= 11 is 0. The number of benzene rings is 2. The van der Waals surface area contributed by atoms with E-state index in [0.29, 0.717) is 36.1 Å². The first-order valence-corrected chi connectivity index (χ1v) is 18.9. The number of pyridine rings is 1. The quantitative estimate of drug-likeness (QED) is 0.153. The SMILES string of the molecule is CN1CCN(Cc2cccc(N=C(/C=C(\N)C(C)(C)C)NC(=O)N[C@H]3CC[C@@H](Oc4ccc(=N)n(C(=N)N5CCCCC5)c4)c4ccccc43)c2)CC1. The number of carbonyl (C=O) groups is 1. The van der Waals surface area contributed by atoms with Gasteiger partial charge in [0.05, 0.1) is 17.9 Å². The number of aliphatic imine (C=N–C) groups is 1. The van der Waals surface area contributed by atoms with Gasteiger partial charge in [-0.25, -0.2) is 9.79 Å². The molecule has 0 saturated carbocycles. The van der Waals surface area contributed by atoms with E-state index in [1.54, 1.807) is 29.0 Å². The minimum absolute atomic E-state index is 0.240. The predicted octanol–water partition coefficient (Wildman–Crippen LogP) is 5.86. The van der Waals surface area contributed by atoms with Gasteiger partial charge in [-0.2, -0.15) is 0 Å². The number of urea groups is 1. The Morgan fingerprint density at radius 2 is 1.70 bits per heavy atom. The van der Waals surface area contributed by atoms with Gasteiger partial charge in [0, 0.05) is 63.0 Å². The molecule has 2 aliphatic heterocycles. The summed E-state index contributed by atoms with van der Waals surface area (Å²) < 4.78 is 8.13. The Bertz CT molecular complexity index is 1880. The van der Waals surface area contributed by atoms with Gasteiger partial charge in [-0.1, -0.05) is 57.2 Å². The number of fused-ring (bicyclic) bond motifs is 1. The van der Waals surface area contributed by atoms with Crippen LogP contribution in [0.1, 0.15) is 81.7 Å². The zero-order valence-corrected chi connectivity index (χ0v) is 31.7. The Hall–Kier alpha value is -4.94. The van der Waals surface area contributed by atoms with Crippen LogP contribution in [0, 0.1) is 16.2 Å². The molecule has 3 aliphatic rings. The molecule has 12 nitrogen and oxygen atoms in total. The molecule has 12 heteroatoms. The molecular formula is C41H56N10O2. The highest BCUT2D eigenvalue weighted by Crippen LogP contribution is 2.38. The number of piperazine rings is 1. The number of amides is 2. The van der Waals surface area contributed by atoms with E-state index in [0.717, 1.165) is 75.5 Å². The lowest BCUT2D eigenvalue weighted by Crippen LogP contribution is -2.43. The van der Waals surface area contributed by atoms with Crippen LogP contribution >= 0.6 is 0 Å². The first-order valence-electron chi connectivity index (χ1n) is 18.9. The molecule has 0 bridgehead atoms. The lowest BCUT2D eigenvalue weighted by atomic mass is 9.85. The highest BCUT2D eigenvalue weighted by Gasteiger charge is 2.30. The number of allylic oxidation sites excluding steroid dienone is 1. The molecule has 2 saturated heterocycles. The molecule has 282 valence electrons. The number of nitrogens with zero attached hydrogens (tertiary/aromatic N) is 5. The van der Waals surface area contributed by atoms with Crippen molar-refractivity contribution < 1.29 is 9.53 Å². The first kappa shape index (κ1) is 37.8. The molecule has 6 rings (SSSR count). The monoisotopic (exact) mass is 720 g/mol. The number of hydrogen-bond donors (Lipinski definition) is 5. The molecule has 0 radical (unpaired) electrons. The maximum atomic E-state index is 13.7. The minimum Gasteiger partial charge on any atom is -0.484 e. The molecular weight excluding hydrogens is 665 g/mol. The molecule has 2 fully saturated rings. The van der Waals surface area contributed by atoms with E-state index in [1.165, 1.54) is 12.0 Å². The molecule has 1 aromatic heterocycles. The topological polar surface area (TPSA) is 151 Å². The molecule has 2 aromatic carbocycles. The normalized spacial score (nSPS) is 20.4. The molecule has 53 heavy (non-hydrogen) atoms. The number of hydrogen-bond acceptors (Lipinski definition) is 8. The van der Waals surface area contributed by atoms with Crippen molar-refractivity contribution in [2.24, 2.45) is 16.1 Å². The van der Waals surface area contributed by atoms with Gasteiger partial charge in [-0.05, 0) is 80.1 Å². The van der Waals surface area contributed by atoms with Crippen LogP contribution in [-0.2, 0) is 6.54 Å². The molecule has 2 atom stereocenters. The van der Waals surface area contributed by atoms with Crippen molar-refractivity contribution >= 4 is 23.5 Å². The van der Waals surface area contributed by atoms with Crippen LogP contribution in [0.3, 0.4) is 0 Å². The fraction of sp³-hybridized carbons (Fsp3) is 0.463. The smallest absolute Gasteiger partial charge is 0.320 e. The Balaban J connectivity index is 1.16. The molecule has 3 aromatic rings. The Morgan fingerprint density at radius 1 is 0.962 bits per heavy atom. The molecule has 3 heterocycles. The van der Waals surface area contributed by atoms with Gasteiger partial charge in [-0.15, -0.1) is 0 Å². The standard InChI is InChI=1S/C41H56N10O2/c1-41(2,3)36(42)26-38(45-30-12-10-11-29(25-30)27-49-23-21-48(4)22-24-49)47-40(52)46-34-16-17-35(33-14-7-6-13-32(33)34)53-31-15-18-37(43)51(28-31)39(44)50-19-8-5-9-20-50/h6-7,10-15,18,25-26,28,34-35,43-44H,5,8-9,16-17,19-24,27,42H2,1-4H3,(H2,45,46,47,52)/b36-26-,43-37?,44-39?/t34-,35+/m0/s1. The maximum absolute atomic E-state index is 13.7. The molecule has 0 spiro atoms. The van der Waals surface area contributed by atoms with Crippen LogP contribution in [0.25, 0.3) is 0 Å². The van der Waals surface area contributed by atoms with Gasteiger partial charge in [-0.3, -0.25) is 25.6 Å². The fourth-order valence-corrected chi connectivity index (χ4v) is 7.07. The summed E-state index contributed by atoms with van der Waals surface area (Å²) in [6, 6.07) is 19.1. The zero-order chi connectivity index (χ0) is 37.5. The number of nitrogens with two attached hydrogens (primary N) is 1. The van der Waals surface area contributed by atoms with E-state index in [-0.39, 0.29) is 29.1 Å². The number of carbonyl (C=O) groups excluding carboxylic acids is 1. The second-order valence-corrected chi connectivity index (χ2v) is 15.6. The van der Waals surface area contributed by atoms with Crippen LogP contribution < -0.4 is 26.6 Å². The van der Waals surface area contributed by atoms with E-state index < -0.39 is 0 Å². The van der Waals surface area contributed by atoms with Gasteiger partial charge in [0.2, 0.25) is 5.96 Å².